The number of aromatic nitrogens is 2. The summed E-state index contributed by atoms with van der Waals surface area (Å²) in [6.07, 6.45) is 9.68. The van der Waals surface area contributed by atoms with E-state index in [-0.39, 0.29) is 16.8 Å². The summed E-state index contributed by atoms with van der Waals surface area (Å²) in [5, 5.41) is 5.66. The number of pyridine rings is 2. The zero-order valence-electron chi connectivity index (χ0n) is 16.9. The Morgan fingerprint density at radius 1 is 1.16 bits per heavy atom. The lowest BCUT2D eigenvalue weighted by molar-refractivity contribution is 0.397. The molecule has 0 bridgehead atoms. The van der Waals surface area contributed by atoms with Crippen molar-refractivity contribution in [3.8, 4) is 23.6 Å². The molecular weight excluding hydrogens is 430 g/mol. The quantitative estimate of drug-likeness (QED) is 0.444. The first-order chi connectivity index (χ1) is 15.6. The minimum Gasteiger partial charge on any atom is -0.363 e. The second-order valence-electron chi connectivity index (χ2n) is 8.18. The lowest BCUT2D eigenvalue weighted by Crippen LogP contribution is -2.61. The first-order valence-corrected chi connectivity index (χ1v) is 10.8. The number of terminal acetylenes is 1. The average molecular weight is 447 g/mol. The number of hydrogen-bond acceptors (Lipinski definition) is 4. The molecule has 2 atom stereocenters. The van der Waals surface area contributed by atoms with Gasteiger partial charge in [0.15, 0.2) is 5.82 Å². The second-order valence-corrected chi connectivity index (χ2v) is 8.58. The standard InChI is InChI=1S/C25H17ClF2N4/c1-2-14-18(27)7-6-13-4-3-5-15(21(13)14)23-22(28)24-16(10-30-23)25(17(26)11-31-24)32-12-19-20(32)8-9-29-19/h1,3-7,10-11,19-20,29H,8-9,12H2/t19-,20-/m1/s1. The first kappa shape index (κ1) is 19.4. The molecule has 7 heteroatoms. The van der Waals surface area contributed by atoms with Crippen LogP contribution in [0.25, 0.3) is 32.9 Å². The van der Waals surface area contributed by atoms with Crippen molar-refractivity contribution in [1.29, 1.82) is 0 Å². The zero-order valence-corrected chi connectivity index (χ0v) is 17.6. The van der Waals surface area contributed by atoms with Crippen molar-refractivity contribution < 1.29 is 8.78 Å². The molecule has 0 saturated carbocycles. The summed E-state index contributed by atoms with van der Waals surface area (Å²) in [6, 6.07) is 8.99. The fourth-order valence-electron chi connectivity index (χ4n) is 5.04. The van der Waals surface area contributed by atoms with E-state index in [0.29, 0.717) is 38.8 Å². The van der Waals surface area contributed by atoms with Crippen LogP contribution in [0.2, 0.25) is 5.02 Å². The van der Waals surface area contributed by atoms with Gasteiger partial charge in [-0.3, -0.25) is 9.97 Å². The molecule has 2 saturated heterocycles. The van der Waals surface area contributed by atoms with Crippen LogP contribution in [-0.4, -0.2) is 35.1 Å². The fraction of sp³-hybridized carbons (Fsp3) is 0.200. The van der Waals surface area contributed by atoms with E-state index in [1.54, 1.807) is 24.4 Å². The largest absolute Gasteiger partial charge is 0.363 e. The Morgan fingerprint density at radius 2 is 2.03 bits per heavy atom. The van der Waals surface area contributed by atoms with Crippen LogP contribution >= 0.6 is 11.6 Å². The molecule has 32 heavy (non-hydrogen) atoms. The maximum atomic E-state index is 15.8. The Kier molecular flexibility index (Phi) is 4.32. The molecule has 2 aromatic heterocycles. The second kappa shape index (κ2) is 7.13. The smallest absolute Gasteiger partial charge is 0.175 e. The summed E-state index contributed by atoms with van der Waals surface area (Å²) >= 11 is 6.51. The molecule has 4 nitrogen and oxygen atoms in total. The highest BCUT2D eigenvalue weighted by Gasteiger charge is 2.43. The van der Waals surface area contributed by atoms with Crippen LogP contribution < -0.4 is 10.2 Å². The number of fused-ring (bicyclic) bond motifs is 3. The highest BCUT2D eigenvalue weighted by Crippen LogP contribution is 2.42. The van der Waals surface area contributed by atoms with Gasteiger partial charge >= 0.3 is 0 Å². The molecule has 4 heterocycles. The summed E-state index contributed by atoms with van der Waals surface area (Å²) in [5.41, 5.74) is 1.53. The Labute approximate surface area is 188 Å². The lowest BCUT2D eigenvalue weighted by Gasteiger charge is -2.46. The molecular formula is C25H17ClF2N4. The van der Waals surface area contributed by atoms with Crippen molar-refractivity contribution >= 4 is 39.0 Å². The summed E-state index contributed by atoms with van der Waals surface area (Å²) in [6.45, 7) is 1.76. The molecule has 2 aromatic carbocycles. The summed E-state index contributed by atoms with van der Waals surface area (Å²) in [5.74, 6) is 1.29. The van der Waals surface area contributed by atoms with Gasteiger partial charge < -0.3 is 10.2 Å². The number of rotatable bonds is 2. The molecule has 4 aromatic rings. The average Bonchev–Trinajstić information content (AvgIpc) is 3.16. The maximum absolute atomic E-state index is 15.8. The van der Waals surface area contributed by atoms with Crippen LogP contribution in [0, 0.1) is 24.0 Å². The Morgan fingerprint density at radius 3 is 2.84 bits per heavy atom. The molecule has 0 spiro atoms. The normalized spacial score (nSPS) is 19.8. The molecule has 6 rings (SSSR count). The molecule has 2 aliphatic heterocycles. The first-order valence-electron chi connectivity index (χ1n) is 10.4. The molecule has 0 radical (unpaired) electrons. The van der Waals surface area contributed by atoms with Gasteiger partial charge in [0.1, 0.15) is 17.0 Å². The number of nitrogens with one attached hydrogen (secondary N) is 1. The van der Waals surface area contributed by atoms with Gasteiger partial charge in [-0.25, -0.2) is 8.78 Å². The van der Waals surface area contributed by atoms with Crippen LogP contribution in [0.1, 0.15) is 12.0 Å². The van der Waals surface area contributed by atoms with E-state index in [0.717, 1.165) is 25.2 Å². The monoisotopic (exact) mass is 446 g/mol. The third-order valence-electron chi connectivity index (χ3n) is 6.57. The van der Waals surface area contributed by atoms with Crippen molar-refractivity contribution in [2.45, 2.75) is 18.5 Å². The summed E-state index contributed by atoms with van der Waals surface area (Å²) in [7, 11) is 0. The molecule has 2 fully saturated rings. The van der Waals surface area contributed by atoms with Gasteiger partial charge in [-0.05, 0) is 24.4 Å². The van der Waals surface area contributed by atoms with Crippen molar-refractivity contribution in [1.82, 2.24) is 15.3 Å². The third kappa shape index (κ3) is 2.65. The van der Waals surface area contributed by atoms with Crippen LogP contribution in [0.15, 0.2) is 42.7 Å². The predicted octanol–water partition coefficient (Wildman–Crippen LogP) is 4.91. The topological polar surface area (TPSA) is 41.1 Å². The fourth-order valence-corrected chi connectivity index (χ4v) is 5.30. The van der Waals surface area contributed by atoms with Crippen LogP contribution in [-0.2, 0) is 0 Å². The zero-order chi connectivity index (χ0) is 22.0. The highest BCUT2D eigenvalue weighted by molar-refractivity contribution is 6.34. The maximum Gasteiger partial charge on any atom is 0.175 e. The van der Waals surface area contributed by atoms with Crippen LogP contribution in [0.4, 0.5) is 14.5 Å². The minimum absolute atomic E-state index is 0.0787. The Bertz CT molecular complexity index is 1460. The van der Waals surface area contributed by atoms with Gasteiger partial charge in [-0.15, -0.1) is 6.42 Å². The Hall–Kier alpha value is -3.27. The molecule has 1 N–H and O–H groups in total. The highest BCUT2D eigenvalue weighted by atomic mass is 35.5. The van der Waals surface area contributed by atoms with Crippen molar-refractivity contribution in [3.05, 3.63) is 64.9 Å². The van der Waals surface area contributed by atoms with E-state index in [9.17, 15) is 4.39 Å². The summed E-state index contributed by atoms with van der Waals surface area (Å²) < 4.78 is 30.3. The van der Waals surface area contributed by atoms with Crippen molar-refractivity contribution in [2.24, 2.45) is 0 Å². The predicted molar refractivity (Wildman–Crippen MR) is 123 cm³/mol. The van der Waals surface area contributed by atoms with E-state index >= 15 is 4.39 Å². The van der Waals surface area contributed by atoms with Crippen LogP contribution in [0.3, 0.4) is 0 Å². The van der Waals surface area contributed by atoms with Gasteiger partial charge in [-0.2, -0.15) is 0 Å². The SMILES string of the molecule is C#Cc1c(F)ccc2cccc(-c3ncc4c(N5C[C@H]6NCC[C@H]65)c(Cl)cnc4c3F)c12. The lowest BCUT2D eigenvalue weighted by atomic mass is 9.95. The van der Waals surface area contributed by atoms with Gasteiger partial charge in [0.2, 0.25) is 0 Å². The number of nitrogens with zero attached hydrogens (tertiary/aromatic N) is 3. The molecule has 158 valence electrons. The third-order valence-corrected chi connectivity index (χ3v) is 6.84. The molecule has 0 aliphatic carbocycles. The number of benzene rings is 2. The van der Waals surface area contributed by atoms with Crippen molar-refractivity contribution in [3.63, 3.8) is 0 Å². The van der Waals surface area contributed by atoms with Gasteiger partial charge in [0.05, 0.1) is 16.3 Å². The van der Waals surface area contributed by atoms with E-state index in [1.807, 2.05) is 6.07 Å². The summed E-state index contributed by atoms with van der Waals surface area (Å²) in [4.78, 5) is 10.9. The molecule has 0 unspecified atom stereocenters. The van der Waals surface area contributed by atoms with Crippen LogP contribution in [0.5, 0.6) is 0 Å². The van der Waals surface area contributed by atoms with E-state index in [1.165, 1.54) is 12.3 Å². The molecule has 0 amide bonds. The number of hydrogen-bond donors (Lipinski definition) is 1. The van der Waals surface area contributed by atoms with Gasteiger partial charge in [0.25, 0.3) is 0 Å². The van der Waals surface area contributed by atoms with E-state index < -0.39 is 11.6 Å². The van der Waals surface area contributed by atoms with Gasteiger partial charge in [-0.1, -0.05) is 41.8 Å². The Balaban J connectivity index is 1.58. The van der Waals surface area contributed by atoms with Gasteiger partial charge in [0, 0.05) is 47.4 Å². The number of halogens is 3. The van der Waals surface area contributed by atoms with Crippen molar-refractivity contribution in [2.75, 3.05) is 18.0 Å². The van der Waals surface area contributed by atoms with E-state index in [2.05, 4.69) is 26.1 Å². The molecule has 2 aliphatic rings. The minimum atomic E-state index is -0.582. The number of anilines is 1. The van der Waals surface area contributed by atoms with E-state index in [4.69, 9.17) is 18.0 Å².